The molecule has 2 heterocycles. The zero-order valence-electron chi connectivity index (χ0n) is 11.3. The van der Waals surface area contributed by atoms with E-state index in [2.05, 4.69) is 4.98 Å². The van der Waals surface area contributed by atoms with Crippen molar-refractivity contribution >= 4 is 5.97 Å². The van der Waals surface area contributed by atoms with Crippen molar-refractivity contribution in [2.24, 2.45) is 12.8 Å². The van der Waals surface area contributed by atoms with Crippen LogP contribution >= 0.6 is 0 Å². The summed E-state index contributed by atoms with van der Waals surface area (Å²) in [6.07, 6.45) is 2.79. The Labute approximate surface area is 119 Å². The molecule has 0 aliphatic rings. The van der Waals surface area contributed by atoms with E-state index in [4.69, 9.17) is 10.8 Å². The molecule has 0 aromatic carbocycles. The number of carboxylic acid groups (broad SMARTS) is 1. The van der Waals surface area contributed by atoms with E-state index in [-0.39, 0.29) is 6.42 Å². The molecule has 8 heteroatoms. The normalized spacial score (nSPS) is 12.1. The summed E-state index contributed by atoms with van der Waals surface area (Å²) in [7, 11) is 1.53. The molecule has 1 atom stereocenters. The number of nitrogens with zero attached hydrogens (tertiary/aromatic N) is 3. The molecule has 0 radical (unpaired) electrons. The molecule has 2 rings (SSSR count). The first kappa shape index (κ1) is 14.7. The lowest BCUT2D eigenvalue weighted by molar-refractivity contribution is -0.138. The Balaban J connectivity index is 2.36. The molecule has 110 valence electrons. The molecular weight excluding hydrogens is 276 g/mol. The highest BCUT2D eigenvalue weighted by Gasteiger charge is 2.13. The van der Waals surface area contributed by atoms with Gasteiger partial charge in [-0.2, -0.15) is 0 Å². The van der Waals surface area contributed by atoms with E-state index in [1.54, 1.807) is 0 Å². The van der Waals surface area contributed by atoms with Gasteiger partial charge in [0.1, 0.15) is 6.04 Å². The minimum absolute atomic E-state index is 0.0668. The molecule has 21 heavy (non-hydrogen) atoms. The van der Waals surface area contributed by atoms with Gasteiger partial charge < -0.3 is 15.4 Å². The zero-order valence-corrected chi connectivity index (χ0v) is 11.3. The van der Waals surface area contributed by atoms with Gasteiger partial charge in [0.05, 0.1) is 11.9 Å². The summed E-state index contributed by atoms with van der Waals surface area (Å²) >= 11 is 0. The maximum absolute atomic E-state index is 11.9. The van der Waals surface area contributed by atoms with E-state index in [1.165, 1.54) is 42.2 Å². The lowest BCUT2D eigenvalue weighted by atomic mass is 10.1. The van der Waals surface area contributed by atoms with Crippen molar-refractivity contribution in [3.63, 3.8) is 0 Å². The van der Waals surface area contributed by atoms with Crippen LogP contribution < -0.4 is 17.0 Å². The van der Waals surface area contributed by atoms with Crippen molar-refractivity contribution in [1.82, 2.24) is 14.1 Å². The lowest BCUT2D eigenvalue weighted by Crippen LogP contribution is -2.36. The molecule has 0 saturated heterocycles. The highest BCUT2D eigenvalue weighted by molar-refractivity contribution is 5.73. The number of carboxylic acids is 1. The molecule has 2 aromatic rings. The number of nitrogens with two attached hydrogens (primary N) is 1. The highest BCUT2D eigenvalue weighted by Crippen LogP contribution is 2.04. The van der Waals surface area contributed by atoms with Crippen LogP contribution in [0.4, 0.5) is 0 Å². The van der Waals surface area contributed by atoms with Crippen LogP contribution in [0.5, 0.6) is 0 Å². The van der Waals surface area contributed by atoms with E-state index < -0.39 is 23.3 Å². The van der Waals surface area contributed by atoms with Gasteiger partial charge in [-0.15, -0.1) is 0 Å². The lowest BCUT2D eigenvalue weighted by Gasteiger charge is -2.08. The van der Waals surface area contributed by atoms with Crippen molar-refractivity contribution in [3.8, 4) is 5.69 Å². The molecule has 0 aliphatic carbocycles. The van der Waals surface area contributed by atoms with Gasteiger partial charge in [0.15, 0.2) is 0 Å². The van der Waals surface area contributed by atoms with Crippen molar-refractivity contribution < 1.29 is 9.90 Å². The van der Waals surface area contributed by atoms with Crippen LogP contribution in [0.3, 0.4) is 0 Å². The van der Waals surface area contributed by atoms with Crippen LogP contribution in [-0.2, 0) is 18.3 Å². The summed E-state index contributed by atoms with van der Waals surface area (Å²) < 4.78 is 2.25. The van der Waals surface area contributed by atoms with E-state index in [0.29, 0.717) is 11.4 Å². The first-order valence-electron chi connectivity index (χ1n) is 6.12. The topological polar surface area (TPSA) is 120 Å². The summed E-state index contributed by atoms with van der Waals surface area (Å²) in [5.41, 5.74) is 5.25. The zero-order chi connectivity index (χ0) is 15.6. The summed E-state index contributed by atoms with van der Waals surface area (Å²) in [4.78, 5) is 38.4. The van der Waals surface area contributed by atoms with Crippen LogP contribution in [0.1, 0.15) is 5.69 Å². The molecule has 0 spiro atoms. The van der Waals surface area contributed by atoms with E-state index >= 15 is 0 Å². The Morgan fingerprint density at radius 3 is 2.67 bits per heavy atom. The summed E-state index contributed by atoms with van der Waals surface area (Å²) in [6.45, 7) is 0. The Morgan fingerprint density at radius 2 is 2.10 bits per heavy atom. The molecule has 0 saturated carbocycles. The number of aryl methyl sites for hydroxylation is 1. The van der Waals surface area contributed by atoms with Crippen molar-refractivity contribution in [2.75, 3.05) is 0 Å². The second kappa shape index (κ2) is 5.71. The largest absolute Gasteiger partial charge is 0.480 e. The Kier molecular flexibility index (Phi) is 3.99. The summed E-state index contributed by atoms with van der Waals surface area (Å²) in [6, 6.07) is 3.29. The van der Waals surface area contributed by atoms with E-state index in [9.17, 15) is 14.4 Å². The maximum atomic E-state index is 11.9. The molecule has 0 aliphatic heterocycles. The van der Waals surface area contributed by atoms with E-state index in [1.807, 2.05) is 0 Å². The monoisotopic (exact) mass is 290 g/mol. The fourth-order valence-electron chi connectivity index (χ4n) is 1.79. The number of rotatable bonds is 4. The number of aromatic nitrogens is 3. The van der Waals surface area contributed by atoms with Crippen LogP contribution in [0, 0.1) is 0 Å². The molecular formula is C13H14N4O4. The Morgan fingerprint density at radius 1 is 1.38 bits per heavy atom. The molecule has 0 fully saturated rings. The quantitative estimate of drug-likeness (QED) is 0.736. The summed E-state index contributed by atoms with van der Waals surface area (Å²) in [5.74, 6) is -1.12. The first-order chi connectivity index (χ1) is 9.90. The van der Waals surface area contributed by atoms with E-state index in [0.717, 1.165) is 4.57 Å². The molecule has 0 bridgehead atoms. The third kappa shape index (κ3) is 3.06. The second-order valence-electron chi connectivity index (χ2n) is 4.54. The van der Waals surface area contributed by atoms with Gasteiger partial charge in [-0.25, -0.2) is 9.36 Å². The van der Waals surface area contributed by atoms with Crippen molar-refractivity contribution in [3.05, 3.63) is 57.1 Å². The number of hydrogen-bond donors (Lipinski definition) is 2. The molecule has 0 unspecified atom stereocenters. The van der Waals surface area contributed by atoms with Crippen molar-refractivity contribution in [1.29, 1.82) is 0 Å². The van der Waals surface area contributed by atoms with Gasteiger partial charge in [0.2, 0.25) is 0 Å². The number of hydrogen-bond acceptors (Lipinski definition) is 5. The van der Waals surface area contributed by atoms with Crippen LogP contribution in [-0.4, -0.2) is 31.2 Å². The van der Waals surface area contributed by atoms with Gasteiger partial charge in [0.25, 0.3) is 5.56 Å². The average Bonchev–Trinajstić information content (AvgIpc) is 2.45. The highest BCUT2D eigenvalue weighted by atomic mass is 16.4. The molecule has 2 aromatic heterocycles. The SMILES string of the molecule is Cn1ccc(=O)n(-c2ccc(C[C@H](N)C(=O)O)nc2)c1=O. The molecule has 3 N–H and O–H groups in total. The minimum Gasteiger partial charge on any atom is -0.480 e. The fraction of sp³-hybridized carbons (Fsp3) is 0.231. The first-order valence-corrected chi connectivity index (χ1v) is 6.12. The number of aliphatic carboxylic acids is 1. The Bertz CT molecular complexity index is 776. The third-order valence-electron chi connectivity index (χ3n) is 2.97. The minimum atomic E-state index is -1.12. The number of carbonyl (C=O) groups is 1. The smallest absolute Gasteiger partial charge is 0.335 e. The van der Waals surface area contributed by atoms with Crippen LogP contribution in [0.15, 0.2) is 40.2 Å². The third-order valence-corrected chi connectivity index (χ3v) is 2.97. The van der Waals surface area contributed by atoms with Gasteiger partial charge in [-0.3, -0.25) is 14.6 Å². The fourth-order valence-corrected chi connectivity index (χ4v) is 1.79. The standard InChI is InChI=1S/C13H14N4O4/c1-16-5-4-11(18)17(13(16)21)9-3-2-8(15-7-9)6-10(14)12(19)20/h2-5,7,10H,6,14H2,1H3,(H,19,20)/t10-/m0/s1. The Hall–Kier alpha value is -2.74. The maximum Gasteiger partial charge on any atom is 0.335 e. The molecule has 0 amide bonds. The van der Waals surface area contributed by atoms with Gasteiger partial charge in [-0.05, 0) is 12.1 Å². The number of pyridine rings is 1. The molecule has 8 nitrogen and oxygen atoms in total. The summed E-state index contributed by atoms with van der Waals surface area (Å²) in [5, 5.41) is 8.74. The van der Waals surface area contributed by atoms with Gasteiger partial charge in [-0.1, -0.05) is 0 Å². The average molecular weight is 290 g/mol. The van der Waals surface area contributed by atoms with Crippen molar-refractivity contribution in [2.45, 2.75) is 12.5 Å². The predicted octanol–water partition coefficient (Wildman–Crippen LogP) is -1.11. The van der Waals surface area contributed by atoms with Crippen LogP contribution in [0.2, 0.25) is 0 Å². The van der Waals surface area contributed by atoms with Gasteiger partial charge >= 0.3 is 11.7 Å². The predicted molar refractivity (Wildman–Crippen MR) is 74.4 cm³/mol. The van der Waals surface area contributed by atoms with Crippen LogP contribution in [0.25, 0.3) is 5.69 Å². The second-order valence-corrected chi connectivity index (χ2v) is 4.54. The van der Waals surface area contributed by atoms with Gasteiger partial charge in [0, 0.05) is 31.4 Å².